The van der Waals surface area contributed by atoms with Gasteiger partial charge in [0.15, 0.2) is 5.76 Å². The van der Waals surface area contributed by atoms with Crippen LogP contribution in [0.5, 0.6) is 5.75 Å². The second-order valence-electron chi connectivity index (χ2n) is 8.55. The van der Waals surface area contributed by atoms with E-state index in [1.54, 1.807) is 13.2 Å². The van der Waals surface area contributed by atoms with E-state index in [0.29, 0.717) is 30.8 Å². The summed E-state index contributed by atoms with van der Waals surface area (Å²) in [5, 5.41) is 3.73. The number of carbonyl (C=O) groups excluding carboxylic acids is 2. The van der Waals surface area contributed by atoms with Gasteiger partial charge in [-0.25, -0.2) is 0 Å². The quantitative estimate of drug-likeness (QED) is 0.447. The van der Waals surface area contributed by atoms with E-state index in [1.807, 2.05) is 71.6 Å². The minimum atomic E-state index is -0.307. The number of hydrogen-bond donors (Lipinski definition) is 1. The number of methoxy groups -OCH3 is 1. The smallest absolute Gasteiger partial charge is 0.291 e. The minimum absolute atomic E-state index is 0.106. The summed E-state index contributed by atoms with van der Waals surface area (Å²) in [5.74, 6) is 0.894. The van der Waals surface area contributed by atoms with Crippen LogP contribution in [0.15, 0.2) is 83.3 Å². The molecular weight excluding hydrogens is 442 g/mol. The Hall–Kier alpha value is -4.26. The summed E-state index contributed by atoms with van der Waals surface area (Å²) in [5.41, 5.74) is 3.35. The maximum absolute atomic E-state index is 12.8. The molecule has 7 nitrogen and oxygen atoms in total. The van der Waals surface area contributed by atoms with Gasteiger partial charge in [0.1, 0.15) is 11.3 Å². The van der Waals surface area contributed by atoms with Gasteiger partial charge < -0.3 is 24.3 Å². The van der Waals surface area contributed by atoms with Crippen molar-refractivity contribution < 1.29 is 18.7 Å². The van der Waals surface area contributed by atoms with Crippen LogP contribution in [0.2, 0.25) is 0 Å². The molecule has 3 aromatic carbocycles. The molecule has 0 spiro atoms. The number of amides is 2. The van der Waals surface area contributed by atoms with Crippen LogP contribution in [0.25, 0.3) is 11.0 Å². The zero-order valence-electron chi connectivity index (χ0n) is 19.6. The SMILES string of the molecule is COc1cccc(N2CCN(C(=O)Cc3ccc(NC(=O)c4cc5ccccc5o4)cc3)CC2)c1. The zero-order valence-corrected chi connectivity index (χ0v) is 19.6. The number of fused-ring (bicyclic) bond motifs is 1. The summed E-state index contributed by atoms with van der Waals surface area (Å²) < 4.78 is 10.9. The number of rotatable bonds is 6. The van der Waals surface area contributed by atoms with Gasteiger partial charge in [-0.15, -0.1) is 0 Å². The van der Waals surface area contributed by atoms with Gasteiger partial charge in [0, 0.05) is 49.0 Å². The van der Waals surface area contributed by atoms with Crippen molar-refractivity contribution in [3.8, 4) is 5.75 Å². The van der Waals surface area contributed by atoms with Gasteiger partial charge >= 0.3 is 0 Å². The molecule has 4 aromatic rings. The van der Waals surface area contributed by atoms with Crippen LogP contribution in [0.4, 0.5) is 11.4 Å². The third kappa shape index (κ3) is 5.14. The maximum atomic E-state index is 12.8. The van der Waals surface area contributed by atoms with Crippen molar-refractivity contribution in [2.75, 3.05) is 43.5 Å². The lowest BCUT2D eigenvalue weighted by Crippen LogP contribution is -2.49. The number of furan rings is 1. The van der Waals surface area contributed by atoms with E-state index in [9.17, 15) is 9.59 Å². The minimum Gasteiger partial charge on any atom is -0.497 e. The Labute approximate surface area is 203 Å². The molecule has 1 aliphatic heterocycles. The molecule has 0 unspecified atom stereocenters. The Morgan fingerprint density at radius 1 is 0.914 bits per heavy atom. The normalized spacial score (nSPS) is 13.6. The summed E-state index contributed by atoms with van der Waals surface area (Å²) in [6.07, 6.45) is 0.330. The Balaban J connectivity index is 1.14. The highest BCUT2D eigenvalue weighted by molar-refractivity contribution is 6.04. The molecule has 0 bridgehead atoms. The molecule has 7 heteroatoms. The lowest BCUT2D eigenvalue weighted by molar-refractivity contribution is -0.130. The van der Waals surface area contributed by atoms with Crippen LogP contribution in [-0.4, -0.2) is 50.0 Å². The number of para-hydroxylation sites is 1. The van der Waals surface area contributed by atoms with E-state index in [2.05, 4.69) is 16.3 Å². The van der Waals surface area contributed by atoms with Gasteiger partial charge in [-0.2, -0.15) is 0 Å². The molecule has 5 rings (SSSR count). The first-order valence-corrected chi connectivity index (χ1v) is 11.6. The van der Waals surface area contributed by atoms with E-state index in [4.69, 9.17) is 9.15 Å². The number of hydrogen-bond acceptors (Lipinski definition) is 5. The number of ether oxygens (including phenoxy) is 1. The van der Waals surface area contributed by atoms with Crippen LogP contribution >= 0.6 is 0 Å². The fourth-order valence-electron chi connectivity index (χ4n) is 4.30. The fraction of sp³-hybridized carbons (Fsp3) is 0.214. The number of piperazine rings is 1. The van der Waals surface area contributed by atoms with Crippen molar-refractivity contribution in [3.63, 3.8) is 0 Å². The number of carbonyl (C=O) groups is 2. The first-order chi connectivity index (χ1) is 17.1. The van der Waals surface area contributed by atoms with Crippen LogP contribution in [0.1, 0.15) is 16.1 Å². The predicted molar refractivity (Wildman–Crippen MR) is 136 cm³/mol. The highest BCUT2D eigenvalue weighted by Gasteiger charge is 2.21. The van der Waals surface area contributed by atoms with Gasteiger partial charge in [-0.05, 0) is 42.0 Å². The van der Waals surface area contributed by atoms with Gasteiger partial charge in [0.05, 0.1) is 13.5 Å². The third-order valence-electron chi connectivity index (χ3n) is 6.27. The average Bonchev–Trinajstić information content (AvgIpc) is 3.35. The topological polar surface area (TPSA) is 75.0 Å². The van der Waals surface area contributed by atoms with E-state index in [1.165, 1.54) is 0 Å². The van der Waals surface area contributed by atoms with E-state index >= 15 is 0 Å². The summed E-state index contributed by atoms with van der Waals surface area (Å²) in [6.45, 7) is 2.93. The second kappa shape index (κ2) is 9.93. The molecule has 1 saturated heterocycles. The molecule has 178 valence electrons. The van der Waals surface area contributed by atoms with Gasteiger partial charge in [-0.1, -0.05) is 36.4 Å². The van der Waals surface area contributed by atoms with Crippen LogP contribution in [-0.2, 0) is 11.2 Å². The van der Waals surface area contributed by atoms with Crippen molar-refractivity contribution in [1.29, 1.82) is 0 Å². The third-order valence-corrected chi connectivity index (χ3v) is 6.27. The van der Waals surface area contributed by atoms with Gasteiger partial charge in [-0.3, -0.25) is 9.59 Å². The fourth-order valence-corrected chi connectivity index (χ4v) is 4.30. The predicted octanol–water partition coefficient (Wildman–Crippen LogP) is 4.59. The van der Waals surface area contributed by atoms with Gasteiger partial charge in [0.2, 0.25) is 5.91 Å². The molecule has 2 amide bonds. The molecule has 0 aliphatic carbocycles. The Kier molecular flexibility index (Phi) is 6.39. The molecular formula is C28H27N3O4. The van der Waals surface area contributed by atoms with Crippen molar-refractivity contribution in [3.05, 3.63) is 90.2 Å². The molecule has 1 aromatic heterocycles. The van der Waals surface area contributed by atoms with E-state index < -0.39 is 0 Å². The number of nitrogens with zero attached hydrogens (tertiary/aromatic N) is 2. The molecule has 1 aliphatic rings. The number of benzene rings is 3. The number of nitrogens with one attached hydrogen (secondary N) is 1. The van der Waals surface area contributed by atoms with Crippen LogP contribution in [0.3, 0.4) is 0 Å². The van der Waals surface area contributed by atoms with Crippen LogP contribution < -0.4 is 15.0 Å². The maximum Gasteiger partial charge on any atom is 0.291 e. The van der Waals surface area contributed by atoms with Crippen molar-refractivity contribution in [1.82, 2.24) is 4.90 Å². The first kappa shape index (κ1) is 22.5. The first-order valence-electron chi connectivity index (χ1n) is 11.6. The highest BCUT2D eigenvalue weighted by atomic mass is 16.5. The molecule has 0 atom stereocenters. The van der Waals surface area contributed by atoms with E-state index in [-0.39, 0.29) is 17.6 Å². The largest absolute Gasteiger partial charge is 0.497 e. The second-order valence-corrected chi connectivity index (χ2v) is 8.55. The zero-order chi connectivity index (χ0) is 24.2. The summed E-state index contributed by atoms with van der Waals surface area (Å²) in [6, 6.07) is 24.6. The molecule has 2 heterocycles. The van der Waals surface area contributed by atoms with Crippen LogP contribution in [0, 0.1) is 0 Å². The molecule has 35 heavy (non-hydrogen) atoms. The van der Waals surface area contributed by atoms with E-state index in [0.717, 1.165) is 35.5 Å². The monoisotopic (exact) mass is 469 g/mol. The Morgan fingerprint density at radius 3 is 2.43 bits per heavy atom. The van der Waals surface area contributed by atoms with Crippen molar-refractivity contribution >= 4 is 34.2 Å². The standard InChI is InChI=1S/C28H27N3O4/c1-34-24-7-4-6-23(19-24)30-13-15-31(16-14-30)27(32)17-20-9-11-22(12-10-20)29-28(33)26-18-21-5-2-3-8-25(21)35-26/h2-12,18-19H,13-17H2,1H3,(H,29,33). The molecule has 1 N–H and O–H groups in total. The molecule has 0 radical (unpaired) electrons. The summed E-state index contributed by atoms with van der Waals surface area (Å²) in [7, 11) is 1.66. The van der Waals surface area contributed by atoms with Crippen molar-refractivity contribution in [2.24, 2.45) is 0 Å². The lowest BCUT2D eigenvalue weighted by atomic mass is 10.1. The molecule has 0 saturated carbocycles. The lowest BCUT2D eigenvalue weighted by Gasteiger charge is -2.36. The highest BCUT2D eigenvalue weighted by Crippen LogP contribution is 2.23. The average molecular weight is 470 g/mol. The summed E-state index contributed by atoms with van der Waals surface area (Å²) >= 11 is 0. The van der Waals surface area contributed by atoms with Crippen molar-refractivity contribution in [2.45, 2.75) is 6.42 Å². The molecule has 1 fully saturated rings. The Bertz CT molecular complexity index is 1300. The van der Waals surface area contributed by atoms with Gasteiger partial charge in [0.25, 0.3) is 5.91 Å². The Morgan fingerprint density at radius 2 is 1.69 bits per heavy atom. The summed E-state index contributed by atoms with van der Waals surface area (Å²) in [4.78, 5) is 29.6. The number of anilines is 2.